The van der Waals surface area contributed by atoms with Gasteiger partial charge in [-0.15, -0.1) is 11.6 Å². The van der Waals surface area contributed by atoms with Gasteiger partial charge in [0.25, 0.3) is 0 Å². The van der Waals surface area contributed by atoms with Crippen molar-refractivity contribution in [2.45, 2.75) is 18.7 Å². The summed E-state index contributed by atoms with van der Waals surface area (Å²) >= 11 is 6.21. The molecule has 20 heavy (non-hydrogen) atoms. The van der Waals surface area contributed by atoms with E-state index in [0.717, 1.165) is 6.42 Å². The lowest BCUT2D eigenvalue weighted by Crippen LogP contribution is -2.27. The Morgan fingerprint density at radius 3 is 2.35 bits per heavy atom. The Morgan fingerprint density at radius 2 is 1.85 bits per heavy atom. The molecule has 1 N–H and O–H groups in total. The molecule has 1 rings (SSSR count). The van der Waals surface area contributed by atoms with Crippen molar-refractivity contribution in [2.24, 2.45) is 0 Å². The van der Waals surface area contributed by atoms with Crippen molar-refractivity contribution in [3.8, 4) is 17.2 Å². The van der Waals surface area contributed by atoms with E-state index in [-0.39, 0.29) is 5.91 Å². The van der Waals surface area contributed by atoms with Gasteiger partial charge in [0, 0.05) is 12.1 Å². The number of carbonyl (C=O) groups is 1. The second kappa shape index (κ2) is 7.85. The van der Waals surface area contributed by atoms with E-state index < -0.39 is 5.38 Å². The minimum absolute atomic E-state index is 0.265. The van der Waals surface area contributed by atoms with Crippen LogP contribution in [0, 0.1) is 0 Å². The summed E-state index contributed by atoms with van der Waals surface area (Å²) in [6.07, 6.45) is 0.846. The molecule has 0 bridgehead atoms. The Hall–Kier alpha value is -1.62. The van der Waals surface area contributed by atoms with Crippen LogP contribution in [0.15, 0.2) is 12.1 Å². The smallest absolute Gasteiger partial charge is 0.242 e. The number of alkyl halides is 1. The number of methoxy groups -OCH3 is 3. The number of carbonyl (C=O) groups excluding carboxylic acids is 1. The van der Waals surface area contributed by atoms with E-state index in [1.807, 2.05) is 6.92 Å². The Balaban J connectivity index is 3.14. The topological polar surface area (TPSA) is 56.8 Å². The first-order valence-corrected chi connectivity index (χ1v) is 6.74. The average Bonchev–Trinajstić information content (AvgIpc) is 2.49. The van der Waals surface area contributed by atoms with Gasteiger partial charge in [-0.2, -0.15) is 0 Å². The van der Waals surface area contributed by atoms with Crippen molar-refractivity contribution >= 4 is 17.5 Å². The lowest BCUT2D eigenvalue weighted by atomic mass is 10.1. The van der Waals surface area contributed by atoms with Crippen LogP contribution in [0.2, 0.25) is 0 Å². The van der Waals surface area contributed by atoms with Gasteiger partial charge < -0.3 is 19.5 Å². The Labute approximate surface area is 124 Å². The first kappa shape index (κ1) is 16.4. The van der Waals surface area contributed by atoms with Crippen molar-refractivity contribution in [2.75, 3.05) is 27.9 Å². The summed E-state index contributed by atoms with van der Waals surface area (Å²) in [6.45, 7) is 2.55. The molecule has 1 amide bonds. The highest BCUT2D eigenvalue weighted by Crippen LogP contribution is 2.43. The molecule has 0 aromatic heterocycles. The molecular formula is C14H20ClNO4. The molecule has 0 aliphatic rings. The van der Waals surface area contributed by atoms with Crippen molar-refractivity contribution in [3.05, 3.63) is 17.7 Å². The van der Waals surface area contributed by atoms with Crippen LogP contribution in [0.25, 0.3) is 0 Å². The van der Waals surface area contributed by atoms with Gasteiger partial charge >= 0.3 is 0 Å². The molecule has 1 unspecified atom stereocenters. The van der Waals surface area contributed by atoms with E-state index in [9.17, 15) is 4.79 Å². The van der Waals surface area contributed by atoms with Gasteiger partial charge in [-0.1, -0.05) is 6.92 Å². The van der Waals surface area contributed by atoms with E-state index in [1.165, 1.54) is 21.3 Å². The Morgan fingerprint density at radius 1 is 1.20 bits per heavy atom. The lowest BCUT2D eigenvalue weighted by molar-refractivity contribution is -0.120. The van der Waals surface area contributed by atoms with Crippen molar-refractivity contribution in [3.63, 3.8) is 0 Å². The summed E-state index contributed by atoms with van der Waals surface area (Å²) in [7, 11) is 4.53. The zero-order chi connectivity index (χ0) is 15.1. The van der Waals surface area contributed by atoms with Crippen molar-refractivity contribution < 1.29 is 19.0 Å². The first-order chi connectivity index (χ1) is 9.60. The normalized spacial score (nSPS) is 11.7. The molecule has 0 fully saturated rings. The van der Waals surface area contributed by atoms with E-state index in [1.54, 1.807) is 12.1 Å². The standard InChI is InChI=1S/C14H20ClNO4/c1-5-8-16-14(17)11(15)9-6-7-10(18-2)13(20-4)12(9)19-3/h6-7,11H,5,8H2,1-4H3,(H,16,17). The van der Waals surface area contributed by atoms with E-state index in [2.05, 4.69) is 5.32 Å². The fourth-order valence-corrected chi connectivity index (χ4v) is 2.05. The predicted octanol–water partition coefficient (Wildman–Crippen LogP) is 2.52. The molecule has 0 heterocycles. The van der Waals surface area contributed by atoms with Gasteiger partial charge in [-0.3, -0.25) is 4.79 Å². The maximum absolute atomic E-state index is 12.0. The number of hydrogen-bond acceptors (Lipinski definition) is 4. The van der Waals surface area contributed by atoms with Crippen LogP contribution >= 0.6 is 11.6 Å². The number of ether oxygens (including phenoxy) is 3. The summed E-state index contributed by atoms with van der Waals surface area (Å²) in [5, 5.41) is 1.90. The van der Waals surface area contributed by atoms with Crippen LogP contribution in [-0.4, -0.2) is 33.8 Å². The molecule has 112 valence electrons. The van der Waals surface area contributed by atoms with Gasteiger partial charge in [0.1, 0.15) is 5.38 Å². The van der Waals surface area contributed by atoms with Crippen LogP contribution in [0.1, 0.15) is 24.3 Å². The third kappa shape index (κ3) is 3.48. The Kier molecular flexibility index (Phi) is 6.45. The molecule has 0 aliphatic carbocycles. The van der Waals surface area contributed by atoms with Crippen molar-refractivity contribution in [1.82, 2.24) is 5.32 Å². The minimum atomic E-state index is -0.851. The quantitative estimate of drug-likeness (QED) is 0.786. The summed E-state index contributed by atoms with van der Waals surface area (Å²) in [5.74, 6) is 1.07. The second-order valence-corrected chi connectivity index (χ2v) is 4.51. The van der Waals surface area contributed by atoms with Crippen LogP contribution in [-0.2, 0) is 4.79 Å². The van der Waals surface area contributed by atoms with Crippen molar-refractivity contribution in [1.29, 1.82) is 0 Å². The SMILES string of the molecule is CCCNC(=O)C(Cl)c1ccc(OC)c(OC)c1OC. The summed E-state index contributed by atoms with van der Waals surface area (Å²) in [6, 6.07) is 3.39. The second-order valence-electron chi connectivity index (χ2n) is 4.08. The molecule has 1 atom stereocenters. The zero-order valence-electron chi connectivity index (χ0n) is 12.2. The largest absolute Gasteiger partial charge is 0.493 e. The van der Waals surface area contributed by atoms with Crippen LogP contribution in [0.5, 0.6) is 17.2 Å². The fraction of sp³-hybridized carbons (Fsp3) is 0.500. The average molecular weight is 302 g/mol. The van der Waals surface area contributed by atoms with Gasteiger partial charge in [0.15, 0.2) is 11.5 Å². The summed E-state index contributed by atoms with van der Waals surface area (Å²) in [4.78, 5) is 12.0. The molecule has 0 spiro atoms. The third-order valence-corrected chi connectivity index (χ3v) is 3.22. The lowest BCUT2D eigenvalue weighted by Gasteiger charge is -2.18. The Bertz CT molecular complexity index is 465. The predicted molar refractivity (Wildman–Crippen MR) is 78.0 cm³/mol. The van der Waals surface area contributed by atoms with E-state index >= 15 is 0 Å². The maximum atomic E-state index is 12.0. The number of nitrogens with one attached hydrogen (secondary N) is 1. The molecule has 1 aromatic rings. The molecule has 0 saturated heterocycles. The molecule has 5 nitrogen and oxygen atoms in total. The first-order valence-electron chi connectivity index (χ1n) is 6.31. The van der Waals surface area contributed by atoms with Gasteiger partial charge in [0.2, 0.25) is 11.7 Å². The van der Waals surface area contributed by atoms with Crippen LogP contribution < -0.4 is 19.5 Å². The molecule has 1 aromatic carbocycles. The summed E-state index contributed by atoms with van der Waals surface area (Å²) in [5.41, 5.74) is 0.542. The minimum Gasteiger partial charge on any atom is -0.493 e. The van der Waals surface area contributed by atoms with E-state index in [0.29, 0.717) is 29.4 Å². The fourth-order valence-electron chi connectivity index (χ4n) is 1.80. The van der Waals surface area contributed by atoms with Gasteiger partial charge in [0.05, 0.1) is 21.3 Å². The number of halogens is 1. The summed E-state index contributed by atoms with van der Waals surface area (Å²) < 4.78 is 15.8. The molecule has 6 heteroatoms. The molecule has 0 radical (unpaired) electrons. The number of rotatable bonds is 7. The number of benzene rings is 1. The molecule has 0 saturated carbocycles. The van der Waals surface area contributed by atoms with Gasteiger partial charge in [-0.05, 0) is 18.6 Å². The zero-order valence-corrected chi connectivity index (χ0v) is 12.9. The van der Waals surface area contributed by atoms with E-state index in [4.69, 9.17) is 25.8 Å². The molecular weight excluding hydrogens is 282 g/mol. The number of amides is 1. The number of hydrogen-bond donors (Lipinski definition) is 1. The monoisotopic (exact) mass is 301 g/mol. The highest BCUT2D eigenvalue weighted by atomic mass is 35.5. The molecule has 0 aliphatic heterocycles. The van der Waals surface area contributed by atoms with Crippen LogP contribution in [0.4, 0.5) is 0 Å². The highest BCUT2D eigenvalue weighted by Gasteiger charge is 2.25. The third-order valence-electron chi connectivity index (χ3n) is 2.79. The van der Waals surface area contributed by atoms with Crippen LogP contribution in [0.3, 0.4) is 0 Å². The van der Waals surface area contributed by atoms with Gasteiger partial charge in [-0.25, -0.2) is 0 Å². The highest BCUT2D eigenvalue weighted by molar-refractivity contribution is 6.31. The maximum Gasteiger partial charge on any atom is 0.242 e.